The van der Waals surface area contributed by atoms with Gasteiger partial charge in [-0.25, -0.2) is 0 Å². The lowest BCUT2D eigenvalue weighted by molar-refractivity contribution is -0.125. The van der Waals surface area contributed by atoms with Crippen molar-refractivity contribution in [2.24, 2.45) is 0 Å². The summed E-state index contributed by atoms with van der Waals surface area (Å²) >= 11 is 0. The first-order valence-electron chi connectivity index (χ1n) is 4.03. The van der Waals surface area contributed by atoms with Gasteiger partial charge in [-0.2, -0.15) is 0 Å². The summed E-state index contributed by atoms with van der Waals surface area (Å²) < 4.78 is 0. The Morgan fingerprint density at radius 2 is 1.31 bits per heavy atom. The van der Waals surface area contributed by atoms with Gasteiger partial charge in [-0.15, -0.1) is 11.8 Å². The van der Waals surface area contributed by atoms with Crippen LogP contribution in [0, 0.1) is 23.7 Å². The normalized spacial score (nSPS) is 7.54. The summed E-state index contributed by atoms with van der Waals surface area (Å²) in [7, 11) is 0. The van der Waals surface area contributed by atoms with Crippen LogP contribution < -0.4 is 0 Å². The summed E-state index contributed by atoms with van der Waals surface area (Å²) in [5.74, 6) is 10.2. The third-order valence-electron chi connectivity index (χ3n) is 1.32. The summed E-state index contributed by atoms with van der Waals surface area (Å²) in [4.78, 5) is 22.0. The van der Waals surface area contributed by atoms with Crippen molar-refractivity contribution in [3.8, 4) is 23.7 Å². The summed E-state index contributed by atoms with van der Waals surface area (Å²) in [6.45, 7) is 3.33. The topological polar surface area (TPSA) is 34.1 Å². The average Bonchev–Trinajstić information content (AvgIpc) is 2.11. The molecule has 13 heavy (non-hydrogen) atoms. The van der Waals surface area contributed by atoms with Gasteiger partial charge in [0.25, 0.3) is 0 Å². The molecule has 0 fully saturated rings. The Hall–Kier alpha value is -1.54. The Morgan fingerprint density at radius 3 is 1.62 bits per heavy atom. The second-order valence-electron chi connectivity index (χ2n) is 2.46. The minimum Gasteiger partial charge on any atom is -0.298 e. The molecule has 0 radical (unpaired) electrons. The number of rotatable bonds is 4. The third-order valence-corrected chi connectivity index (χ3v) is 1.32. The molecule has 0 aliphatic heterocycles. The molecule has 0 aromatic rings. The van der Waals surface area contributed by atoms with Crippen molar-refractivity contribution in [1.82, 2.24) is 0 Å². The van der Waals surface area contributed by atoms with E-state index >= 15 is 0 Å². The van der Waals surface area contributed by atoms with Crippen molar-refractivity contribution >= 4 is 11.6 Å². The van der Waals surface area contributed by atoms with Crippen molar-refractivity contribution in [3.63, 3.8) is 0 Å². The molecule has 2 nitrogen and oxygen atoms in total. The molecule has 0 unspecified atom stereocenters. The van der Waals surface area contributed by atoms with Crippen LogP contribution in [-0.4, -0.2) is 11.6 Å². The number of carbonyl (C=O) groups excluding carboxylic acids is 2. The van der Waals surface area contributed by atoms with Crippen molar-refractivity contribution in [2.45, 2.75) is 33.1 Å². The molecule has 0 amide bonds. The van der Waals surface area contributed by atoms with Crippen LogP contribution in [-0.2, 0) is 9.59 Å². The number of carbonyl (C=O) groups is 2. The first kappa shape index (κ1) is 11.5. The Labute approximate surface area is 78.7 Å². The molecular formula is C11H12O2. The lowest BCUT2D eigenvalue weighted by atomic mass is 10.1. The number of ketones is 2. The highest BCUT2D eigenvalue weighted by atomic mass is 16.1. The molecule has 0 aromatic carbocycles. The highest BCUT2D eigenvalue weighted by molar-refractivity contribution is 6.00. The smallest absolute Gasteiger partial charge is 0.152 e. The Bertz CT molecular complexity index is 272. The Kier molecular flexibility index (Phi) is 6.28. The minimum absolute atomic E-state index is 0.0383. The van der Waals surface area contributed by atoms with Crippen LogP contribution >= 0.6 is 0 Å². The van der Waals surface area contributed by atoms with E-state index in [1.807, 2.05) is 0 Å². The number of hydrogen-bond donors (Lipinski definition) is 0. The van der Waals surface area contributed by atoms with Gasteiger partial charge in [0.05, 0.1) is 19.3 Å². The Balaban J connectivity index is 3.80. The fourth-order valence-electron chi connectivity index (χ4n) is 0.719. The second-order valence-corrected chi connectivity index (χ2v) is 2.46. The van der Waals surface area contributed by atoms with Gasteiger partial charge in [-0.3, -0.25) is 9.59 Å². The maximum atomic E-state index is 11.0. The molecular weight excluding hydrogens is 164 g/mol. The molecule has 0 N–H and O–H groups in total. The maximum absolute atomic E-state index is 11.0. The quantitative estimate of drug-likeness (QED) is 0.478. The van der Waals surface area contributed by atoms with Gasteiger partial charge < -0.3 is 0 Å². The summed E-state index contributed by atoms with van der Waals surface area (Å²) in [5.41, 5.74) is 0. The zero-order valence-electron chi connectivity index (χ0n) is 7.94. The van der Waals surface area contributed by atoms with E-state index in [0.717, 1.165) is 0 Å². The van der Waals surface area contributed by atoms with Gasteiger partial charge >= 0.3 is 0 Å². The second kappa shape index (κ2) is 7.13. The lowest BCUT2D eigenvalue weighted by Gasteiger charge is -1.91. The molecule has 0 aliphatic rings. The zero-order valence-corrected chi connectivity index (χ0v) is 7.94. The lowest BCUT2D eigenvalue weighted by Crippen LogP contribution is -2.05. The van der Waals surface area contributed by atoms with Crippen molar-refractivity contribution in [3.05, 3.63) is 0 Å². The predicted octanol–water partition coefficient (Wildman–Crippen LogP) is 1.34. The fourth-order valence-corrected chi connectivity index (χ4v) is 0.719. The van der Waals surface area contributed by atoms with E-state index < -0.39 is 0 Å². The number of hydrogen-bond acceptors (Lipinski definition) is 2. The van der Waals surface area contributed by atoms with Gasteiger partial charge in [0.1, 0.15) is 0 Å². The van der Waals surface area contributed by atoms with Gasteiger partial charge in [-0.05, 0) is 13.8 Å². The van der Waals surface area contributed by atoms with Crippen molar-refractivity contribution < 1.29 is 9.59 Å². The summed E-state index contributed by atoms with van der Waals surface area (Å²) in [6, 6.07) is 0. The summed E-state index contributed by atoms with van der Waals surface area (Å²) in [5, 5.41) is 0. The van der Waals surface area contributed by atoms with Gasteiger partial charge in [0.15, 0.2) is 11.6 Å². The maximum Gasteiger partial charge on any atom is 0.152 e. The highest BCUT2D eigenvalue weighted by Crippen LogP contribution is 1.93. The van der Waals surface area contributed by atoms with Gasteiger partial charge in [0.2, 0.25) is 0 Å². The van der Waals surface area contributed by atoms with Crippen LogP contribution in [0.4, 0.5) is 0 Å². The van der Waals surface area contributed by atoms with E-state index in [-0.39, 0.29) is 30.8 Å². The van der Waals surface area contributed by atoms with Crippen LogP contribution in [0.25, 0.3) is 0 Å². The standard InChI is InChI=1S/C11H12O2/c1-3-5-7-10(12)9-11(13)8-6-4-2/h7-9H2,1-2H3. The van der Waals surface area contributed by atoms with Gasteiger partial charge in [-0.1, -0.05) is 11.8 Å². The van der Waals surface area contributed by atoms with E-state index in [2.05, 4.69) is 23.7 Å². The zero-order chi connectivity index (χ0) is 10.1. The molecule has 0 saturated heterocycles. The molecule has 0 heterocycles. The van der Waals surface area contributed by atoms with Crippen LogP contribution in [0.15, 0.2) is 0 Å². The van der Waals surface area contributed by atoms with Crippen LogP contribution in [0.2, 0.25) is 0 Å². The first-order valence-corrected chi connectivity index (χ1v) is 4.03. The molecule has 68 valence electrons. The van der Waals surface area contributed by atoms with E-state index in [4.69, 9.17) is 0 Å². The first-order chi connectivity index (χ1) is 6.20. The monoisotopic (exact) mass is 176 g/mol. The molecule has 0 bridgehead atoms. The average molecular weight is 176 g/mol. The largest absolute Gasteiger partial charge is 0.298 e. The molecule has 0 saturated carbocycles. The van der Waals surface area contributed by atoms with Crippen LogP contribution in [0.5, 0.6) is 0 Å². The molecule has 0 aromatic heterocycles. The number of Topliss-reactive ketones (excluding diaryl/α,β-unsaturated/α-hetero) is 2. The minimum atomic E-state index is -0.128. The highest BCUT2D eigenvalue weighted by Gasteiger charge is 2.06. The van der Waals surface area contributed by atoms with Crippen LogP contribution in [0.3, 0.4) is 0 Å². The van der Waals surface area contributed by atoms with E-state index in [0.29, 0.717) is 0 Å². The van der Waals surface area contributed by atoms with E-state index in [1.54, 1.807) is 13.8 Å². The third kappa shape index (κ3) is 6.84. The van der Waals surface area contributed by atoms with Gasteiger partial charge in [0, 0.05) is 0 Å². The van der Waals surface area contributed by atoms with E-state index in [9.17, 15) is 9.59 Å². The van der Waals surface area contributed by atoms with Crippen LogP contribution in [0.1, 0.15) is 33.1 Å². The molecule has 0 rings (SSSR count). The SMILES string of the molecule is CC#CCC(=O)CC(=O)CC#CC. The molecule has 2 heteroatoms. The van der Waals surface area contributed by atoms with Crippen molar-refractivity contribution in [1.29, 1.82) is 0 Å². The molecule has 0 aliphatic carbocycles. The molecule has 0 atom stereocenters. The Morgan fingerprint density at radius 1 is 0.923 bits per heavy atom. The molecule has 0 spiro atoms. The fraction of sp³-hybridized carbons (Fsp3) is 0.455. The van der Waals surface area contributed by atoms with E-state index in [1.165, 1.54) is 0 Å². The summed E-state index contributed by atoms with van der Waals surface area (Å²) in [6.07, 6.45) is 0.299. The van der Waals surface area contributed by atoms with Crippen molar-refractivity contribution in [2.75, 3.05) is 0 Å². The predicted molar refractivity (Wildman–Crippen MR) is 50.8 cm³/mol.